The van der Waals surface area contributed by atoms with E-state index in [1.54, 1.807) is 24.5 Å². The number of aryl methyl sites for hydroxylation is 1. The van der Waals surface area contributed by atoms with Crippen LogP contribution in [-0.4, -0.2) is 33.9 Å². The van der Waals surface area contributed by atoms with Crippen molar-refractivity contribution in [2.45, 2.75) is 51.7 Å². The van der Waals surface area contributed by atoms with Crippen molar-refractivity contribution in [2.75, 3.05) is 5.32 Å². The summed E-state index contributed by atoms with van der Waals surface area (Å²) < 4.78 is 0. The van der Waals surface area contributed by atoms with Crippen LogP contribution < -0.4 is 22.1 Å². The summed E-state index contributed by atoms with van der Waals surface area (Å²) in [6, 6.07) is 11.8. The standard InChI is InChI=1S/C25H32N6O2/c1-16(2)12-20(27)24(32)31-22(10-9-17-6-3-4-7-18(17)14-26)25(33)30-19-13-23-21(29-15-19)8-5-11-28-23/h3-8,11,13,15-16,20,22H,9-10,12,14,26-27H2,1-2H3,(H,30,33)(H,31,32)/t20-,22+/m0/s1. The first-order valence-corrected chi connectivity index (χ1v) is 11.2. The van der Waals surface area contributed by atoms with Crippen LogP contribution in [0.1, 0.15) is 37.8 Å². The maximum atomic E-state index is 13.2. The van der Waals surface area contributed by atoms with Gasteiger partial charge in [0.25, 0.3) is 0 Å². The second-order valence-electron chi connectivity index (χ2n) is 8.56. The Morgan fingerprint density at radius 1 is 1.00 bits per heavy atom. The minimum Gasteiger partial charge on any atom is -0.343 e. The molecule has 0 aliphatic rings. The summed E-state index contributed by atoms with van der Waals surface area (Å²) in [6.45, 7) is 4.41. The Labute approximate surface area is 194 Å². The molecule has 0 radical (unpaired) electrons. The summed E-state index contributed by atoms with van der Waals surface area (Å²) in [5, 5.41) is 5.71. The van der Waals surface area contributed by atoms with Crippen molar-refractivity contribution in [2.24, 2.45) is 17.4 Å². The van der Waals surface area contributed by atoms with Gasteiger partial charge in [0.1, 0.15) is 6.04 Å². The van der Waals surface area contributed by atoms with Gasteiger partial charge in [-0.25, -0.2) is 0 Å². The van der Waals surface area contributed by atoms with Crippen molar-refractivity contribution in [3.63, 3.8) is 0 Å². The van der Waals surface area contributed by atoms with E-state index in [9.17, 15) is 9.59 Å². The molecule has 1 aromatic carbocycles. The van der Waals surface area contributed by atoms with Crippen LogP contribution >= 0.6 is 0 Å². The number of benzene rings is 1. The molecule has 8 heteroatoms. The zero-order chi connectivity index (χ0) is 23.8. The topological polar surface area (TPSA) is 136 Å². The molecule has 0 saturated carbocycles. The average Bonchev–Trinajstić information content (AvgIpc) is 2.81. The molecule has 6 N–H and O–H groups in total. The van der Waals surface area contributed by atoms with Gasteiger partial charge in [0.15, 0.2) is 0 Å². The van der Waals surface area contributed by atoms with Gasteiger partial charge in [0, 0.05) is 12.7 Å². The first-order valence-electron chi connectivity index (χ1n) is 11.2. The molecule has 8 nitrogen and oxygen atoms in total. The van der Waals surface area contributed by atoms with Crippen LogP contribution in [0, 0.1) is 5.92 Å². The molecule has 0 saturated heterocycles. The summed E-state index contributed by atoms with van der Waals surface area (Å²) in [7, 11) is 0. The van der Waals surface area contributed by atoms with E-state index in [-0.39, 0.29) is 17.7 Å². The number of pyridine rings is 2. The van der Waals surface area contributed by atoms with E-state index in [2.05, 4.69) is 20.6 Å². The fourth-order valence-electron chi connectivity index (χ4n) is 3.71. The Bertz CT molecular complexity index is 1100. The first kappa shape index (κ1) is 24.3. The van der Waals surface area contributed by atoms with Crippen LogP contribution in [0.15, 0.2) is 54.9 Å². The zero-order valence-corrected chi connectivity index (χ0v) is 19.1. The van der Waals surface area contributed by atoms with Crippen LogP contribution in [0.5, 0.6) is 0 Å². The lowest BCUT2D eigenvalue weighted by molar-refractivity contribution is -0.127. The van der Waals surface area contributed by atoms with Crippen molar-refractivity contribution in [1.29, 1.82) is 0 Å². The summed E-state index contributed by atoms with van der Waals surface area (Å²) in [5.74, 6) is -0.401. The SMILES string of the molecule is CC(C)C[C@H](N)C(=O)N[C@H](CCc1ccccc1CN)C(=O)Nc1cnc2cccnc2c1. The molecule has 0 aliphatic carbocycles. The Morgan fingerprint density at radius 2 is 1.76 bits per heavy atom. The Morgan fingerprint density at radius 3 is 2.48 bits per heavy atom. The van der Waals surface area contributed by atoms with Crippen molar-refractivity contribution < 1.29 is 9.59 Å². The molecule has 0 bridgehead atoms. The number of fused-ring (bicyclic) bond motifs is 1. The summed E-state index contributed by atoms with van der Waals surface area (Å²) in [4.78, 5) is 34.5. The molecule has 0 aliphatic heterocycles. The molecule has 2 atom stereocenters. The molecule has 2 aromatic heterocycles. The van der Waals surface area contributed by atoms with Gasteiger partial charge < -0.3 is 22.1 Å². The molecule has 0 unspecified atom stereocenters. The minimum atomic E-state index is -0.763. The predicted octanol–water partition coefficient (Wildman–Crippen LogP) is 2.52. The van der Waals surface area contributed by atoms with Gasteiger partial charge >= 0.3 is 0 Å². The highest BCUT2D eigenvalue weighted by molar-refractivity contribution is 5.98. The van der Waals surface area contributed by atoms with Crippen LogP contribution in [0.3, 0.4) is 0 Å². The van der Waals surface area contributed by atoms with Crippen LogP contribution in [0.4, 0.5) is 5.69 Å². The van der Waals surface area contributed by atoms with Crippen molar-refractivity contribution in [3.05, 3.63) is 66.0 Å². The number of rotatable bonds is 10. The van der Waals surface area contributed by atoms with E-state index in [0.29, 0.717) is 37.0 Å². The van der Waals surface area contributed by atoms with Gasteiger partial charge in [-0.15, -0.1) is 0 Å². The third kappa shape index (κ3) is 6.81. The highest BCUT2D eigenvalue weighted by Crippen LogP contribution is 2.16. The highest BCUT2D eigenvalue weighted by Gasteiger charge is 2.24. The van der Waals surface area contributed by atoms with Crippen LogP contribution in [0.25, 0.3) is 11.0 Å². The third-order valence-electron chi connectivity index (χ3n) is 5.45. The van der Waals surface area contributed by atoms with Crippen molar-refractivity contribution in [3.8, 4) is 0 Å². The quantitative estimate of drug-likeness (QED) is 0.376. The lowest BCUT2D eigenvalue weighted by Crippen LogP contribution is -2.50. The number of amides is 2. The summed E-state index contributed by atoms with van der Waals surface area (Å²) in [5.41, 5.74) is 15.9. The predicted molar refractivity (Wildman–Crippen MR) is 130 cm³/mol. The number of nitrogens with one attached hydrogen (secondary N) is 2. The first-order chi connectivity index (χ1) is 15.9. The van der Waals surface area contributed by atoms with Crippen molar-refractivity contribution >= 4 is 28.5 Å². The summed E-state index contributed by atoms with van der Waals surface area (Å²) >= 11 is 0. The van der Waals surface area contributed by atoms with Gasteiger partial charge in [-0.2, -0.15) is 0 Å². The number of nitrogens with zero attached hydrogens (tertiary/aromatic N) is 2. The minimum absolute atomic E-state index is 0.269. The van der Waals surface area contributed by atoms with Gasteiger partial charge in [0.2, 0.25) is 11.8 Å². The van der Waals surface area contributed by atoms with Crippen LogP contribution in [-0.2, 0) is 22.6 Å². The number of nitrogens with two attached hydrogens (primary N) is 2. The molecule has 2 heterocycles. The largest absolute Gasteiger partial charge is 0.343 e. The Kier molecular flexibility index (Phi) is 8.46. The highest BCUT2D eigenvalue weighted by atomic mass is 16.2. The maximum absolute atomic E-state index is 13.2. The molecule has 174 valence electrons. The lowest BCUT2D eigenvalue weighted by atomic mass is 9.99. The molecule has 0 fully saturated rings. The second kappa shape index (κ2) is 11.5. The molecular formula is C25H32N6O2. The summed E-state index contributed by atoms with van der Waals surface area (Å²) in [6.07, 6.45) is 4.78. The number of carbonyl (C=O) groups excluding carboxylic acids is 2. The zero-order valence-electron chi connectivity index (χ0n) is 19.1. The average molecular weight is 449 g/mol. The van der Waals surface area contributed by atoms with E-state index >= 15 is 0 Å². The molecule has 33 heavy (non-hydrogen) atoms. The number of anilines is 1. The smallest absolute Gasteiger partial charge is 0.247 e. The Balaban J connectivity index is 1.76. The van der Waals surface area contributed by atoms with Gasteiger partial charge in [-0.1, -0.05) is 38.1 Å². The van der Waals surface area contributed by atoms with Gasteiger partial charge in [-0.05, 0) is 54.5 Å². The second-order valence-corrected chi connectivity index (χ2v) is 8.56. The van der Waals surface area contributed by atoms with E-state index in [0.717, 1.165) is 16.6 Å². The fraction of sp³-hybridized carbons (Fsp3) is 0.360. The van der Waals surface area contributed by atoms with E-state index in [4.69, 9.17) is 11.5 Å². The van der Waals surface area contributed by atoms with E-state index < -0.39 is 12.1 Å². The lowest BCUT2D eigenvalue weighted by Gasteiger charge is -2.22. The molecule has 2 amide bonds. The monoisotopic (exact) mass is 448 g/mol. The maximum Gasteiger partial charge on any atom is 0.247 e. The van der Waals surface area contributed by atoms with Gasteiger partial charge in [-0.3, -0.25) is 19.6 Å². The Hall–Kier alpha value is -3.36. The van der Waals surface area contributed by atoms with Crippen LogP contribution in [0.2, 0.25) is 0 Å². The molecular weight excluding hydrogens is 416 g/mol. The van der Waals surface area contributed by atoms with E-state index in [1.165, 1.54) is 0 Å². The molecule has 3 rings (SSSR count). The molecule has 3 aromatic rings. The fourth-order valence-corrected chi connectivity index (χ4v) is 3.71. The van der Waals surface area contributed by atoms with Crippen molar-refractivity contribution in [1.82, 2.24) is 15.3 Å². The van der Waals surface area contributed by atoms with Gasteiger partial charge in [0.05, 0.1) is 29.0 Å². The number of hydrogen-bond donors (Lipinski definition) is 4. The normalized spacial score (nSPS) is 13.0. The third-order valence-corrected chi connectivity index (χ3v) is 5.45. The number of carbonyl (C=O) groups is 2. The number of hydrogen-bond acceptors (Lipinski definition) is 6. The molecule has 0 spiro atoms. The number of aromatic nitrogens is 2. The van der Waals surface area contributed by atoms with E-state index in [1.807, 2.05) is 44.2 Å².